The van der Waals surface area contributed by atoms with Gasteiger partial charge in [0.1, 0.15) is 5.60 Å². The van der Waals surface area contributed by atoms with E-state index >= 15 is 0 Å². The van der Waals surface area contributed by atoms with Gasteiger partial charge in [-0.25, -0.2) is 14.8 Å². The van der Waals surface area contributed by atoms with Crippen LogP contribution < -0.4 is 5.32 Å². The van der Waals surface area contributed by atoms with Crippen molar-refractivity contribution in [3.05, 3.63) is 41.8 Å². The standard InChI is InChI=1S/C21H24N6O3S2/c1-21(2,3)30-20(28)23-8-13-6-7-31-17(13)15-12-27-16(14-9-24-26(4)11-14)10-22-18(27)19(25-15)32(5)29/h6-7,9-12H,8H2,1-5H3,(H,23,28). The Hall–Kier alpha value is -3.05. The first kappa shape index (κ1) is 22.2. The summed E-state index contributed by atoms with van der Waals surface area (Å²) in [5.41, 5.74) is 3.23. The maximum Gasteiger partial charge on any atom is 0.407 e. The van der Waals surface area contributed by atoms with Crippen molar-refractivity contribution in [3.8, 4) is 21.8 Å². The molecule has 0 bridgehead atoms. The molecule has 0 radical (unpaired) electrons. The van der Waals surface area contributed by atoms with Gasteiger partial charge in [-0.3, -0.25) is 13.3 Å². The van der Waals surface area contributed by atoms with Gasteiger partial charge in [-0.05, 0) is 37.8 Å². The molecule has 1 unspecified atom stereocenters. The summed E-state index contributed by atoms with van der Waals surface area (Å²) in [4.78, 5) is 22.1. The Balaban J connectivity index is 1.73. The molecule has 4 heterocycles. The SMILES string of the molecule is Cn1cc(-c2cnc3c(S(C)=O)nc(-c4sccc4CNC(=O)OC(C)(C)C)cn23)cn1. The molecular formula is C21H24N6O3S2. The van der Waals surface area contributed by atoms with E-state index in [0.717, 1.165) is 21.7 Å². The van der Waals surface area contributed by atoms with Crippen molar-refractivity contribution in [2.75, 3.05) is 6.26 Å². The zero-order valence-electron chi connectivity index (χ0n) is 18.4. The summed E-state index contributed by atoms with van der Waals surface area (Å²) in [5.74, 6) is 0. The number of amides is 1. The third-order valence-corrected chi connectivity index (χ3v) is 6.33. The van der Waals surface area contributed by atoms with Crippen molar-refractivity contribution in [1.29, 1.82) is 0 Å². The molecule has 0 aromatic carbocycles. The van der Waals surface area contributed by atoms with E-state index in [0.29, 0.717) is 16.4 Å². The highest BCUT2D eigenvalue weighted by atomic mass is 32.2. The number of thiophene rings is 1. The summed E-state index contributed by atoms with van der Waals surface area (Å²) in [7, 11) is 0.506. The number of carbonyl (C=O) groups excluding carboxylic acids is 1. The van der Waals surface area contributed by atoms with Gasteiger partial charge in [-0.2, -0.15) is 5.10 Å². The number of rotatable bonds is 5. The number of imidazole rings is 1. The predicted molar refractivity (Wildman–Crippen MR) is 124 cm³/mol. The maximum atomic E-state index is 12.5. The summed E-state index contributed by atoms with van der Waals surface area (Å²) in [6.07, 6.45) is 8.37. The average Bonchev–Trinajstić information content (AvgIpc) is 3.42. The van der Waals surface area contributed by atoms with Crippen LogP contribution in [-0.2, 0) is 29.1 Å². The summed E-state index contributed by atoms with van der Waals surface area (Å²) in [6.45, 7) is 5.74. The van der Waals surface area contributed by atoms with Gasteiger partial charge in [0, 0.05) is 37.8 Å². The lowest BCUT2D eigenvalue weighted by molar-refractivity contribution is 0.0523. The number of nitrogens with one attached hydrogen (secondary N) is 1. The van der Waals surface area contributed by atoms with Crippen molar-refractivity contribution < 1.29 is 13.7 Å². The molecule has 0 fully saturated rings. The molecule has 0 spiro atoms. The fourth-order valence-corrected chi connectivity index (χ4v) is 4.72. The number of carbonyl (C=O) groups is 1. The maximum absolute atomic E-state index is 12.5. The molecule has 9 nitrogen and oxygen atoms in total. The number of hydrogen-bond donors (Lipinski definition) is 1. The molecule has 4 aromatic heterocycles. The minimum absolute atomic E-state index is 0.289. The monoisotopic (exact) mass is 472 g/mol. The largest absolute Gasteiger partial charge is 0.444 e. The fourth-order valence-electron chi connectivity index (χ4n) is 3.21. The summed E-state index contributed by atoms with van der Waals surface area (Å²) in [5, 5.41) is 9.36. The molecular weight excluding hydrogens is 448 g/mol. The second kappa shape index (κ2) is 8.47. The highest BCUT2D eigenvalue weighted by molar-refractivity contribution is 7.84. The Kier molecular flexibility index (Phi) is 5.87. The number of hydrogen-bond acceptors (Lipinski definition) is 7. The smallest absolute Gasteiger partial charge is 0.407 e. The number of aryl methyl sites for hydroxylation is 1. The Morgan fingerprint density at radius 2 is 2.06 bits per heavy atom. The molecule has 32 heavy (non-hydrogen) atoms. The molecule has 1 atom stereocenters. The van der Waals surface area contributed by atoms with Gasteiger partial charge in [-0.15, -0.1) is 11.3 Å². The van der Waals surface area contributed by atoms with Crippen molar-refractivity contribution >= 4 is 33.9 Å². The Morgan fingerprint density at radius 1 is 1.28 bits per heavy atom. The number of fused-ring (bicyclic) bond motifs is 1. The molecule has 11 heteroatoms. The zero-order valence-corrected chi connectivity index (χ0v) is 20.1. The van der Waals surface area contributed by atoms with Crippen LogP contribution in [0.3, 0.4) is 0 Å². The van der Waals surface area contributed by atoms with Crippen LogP contribution in [0.1, 0.15) is 26.3 Å². The molecule has 1 N–H and O–H groups in total. The molecule has 4 aromatic rings. The lowest BCUT2D eigenvalue weighted by Gasteiger charge is -2.19. The third-order valence-electron chi connectivity index (χ3n) is 4.54. The molecule has 1 amide bonds. The topological polar surface area (TPSA) is 103 Å². The number of ether oxygens (including phenoxy) is 1. The van der Waals surface area contributed by atoms with Crippen LogP contribution in [0, 0.1) is 0 Å². The molecule has 0 aliphatic carbocycles. The van der Waals surface area contributed by atoms with Crippen molar-refractivity contribution in [1.82, 2.24) is 29.5 Å². The van der Waals surface area contributed by atoms with E-state index in [1.165, 1.54) is 11.3 Å². The van der Waals surface area contributed by atoms with E-state index in [-0.39, 0.29) is 6.54 Å². The van der Waals surface area contributed by atoms with E-state index in [2.05, 4.69) is 20.4 Å². The third kappa shape index (κ3) is 4.58. The summed E-state index contributed by atoms with van der Waals surface area (Å²) >= 11 is 1.50. The molecule has 0 saturated heterocycles. The highest BCUT2D eigenvalue weighted by Gasteiger charge is 2.20. The fraction of sp³-hybridized carbons (Fsp3) is 0.333. The Bertz CT molecular complexity index is 1310. The van der Waals surface area contributed by atoms with Crippen LogP contribution in [0.25, 0.3) is 27.5 Å². The summed E-state index contributed by atoms with van der Waals surface area (Å²) < 4.78 is 21.4. The van der Waals surface area contributed by atoms with Gasteiger partial charge in [-0.1, -0.05) is 0 Å². The second-order valence-electron chi connectivity index (χ2n) is 8.26. The van der Waals surface area contributed by atoms with Gasteiger partial charge in [0.25, 0.3) is 0 Å². The van der Waals surface area contributed by atoms with Crippen LogP contribution in [0.15, 0.2) is 41.3 Å². The zero-order chi connectivity index (χ0) is 23.0. The second-order valence-corrected chi connectivity index (χ2v) is 10.5. The van der Waals surface area contributed by atoms with Crippen LogP contribution in [0.5, 0.6) is 0 Å². The molecule has 0 saturated carbocycles. The minimum atomic E-state index is -1.34. The Morgan fingerprint density at radius 3 is 2.72 bits per heavy atom. The van der Waals surface area contributed by atoms with Crippen LogP contribution in [-0.4, -0.2) is 46.3 Å². The first-order valence-electron chi connectivity index (χ1n) is 9.86. The Labute approximate surface area is 191 Å². The molecule has 168 valence electrons. The lowest BCUT2D eigenvalue weighted by atomic mass is 10.2. The quantitative estimate of drug-likeness (QED) is 0.476. The van der Waals surface area contributed by atoms with Gasteiger partial charge in [0.05, 0.1) is 39.5 Å². The van der Waals surface area contributed by atoms with Crippen molar-refractivity contribution in [2.24, 2.45) is 7.05 Å². The van der Waals surface area contributed by atoms with E-state index in [1.807, 2.05) is 56.1 Å². The van der Waals surface area contributed by atoms with Crippen molar-refractivity contribution in [2.45, 2.75) is 37.9 Å². The molecule has 0 aliphatic rings. The average molecular weight is 473 g/mol. The van der Waals surface area contributed by atoms with Gasteiger partial charge >= 0.3 is 6.09 Å². The highest BCUT2D eigenvalue weighted by Crippen LogP contribution is 2.31. The van der Waals surface area contributed by atoms with E-state index in [9.17, 15) is 9.00 Å². The minimum Gasteiger partial charge on any atom is -0.444 e. The lowest BCUT2D eigenvalue weighted by Crippen LogP contribution is -2.32. The van der Waals surface area contributed by atoms with Gasteiger partial charge in [0.15, 0.2) is 10.7 Å². The first-order valence-corrected chi connectivity index (χ1v) is 12.3. The van der Waals surface area contributed by atoms with E-state index in [4.69, 9.17) is 4.74 Å². The molecule has 0 aliphatic heterocycles. The number of nitrogens with zero attached hydrogens (tertiary/aromatic N) is 5. The van der Waals surface area contributed by atoms with Crippen LogP contribution >= 0.6 is 11.3 Å². The number of aromatic nitrogens is 5. The van der Waals surface area contributed by atoms with Crippen LogP contribution in [0.4, 0.5) is 4.79 Å². The van der Waals surface area contributed by atoms with E-state index < -0.39 is 22.5 Å². The van der Waals surface area contributed by atoms with E-state index in [1.54, 1.807) is 23.3 Å². The van der Waals surface area contributed by atoms with Gasteiger partial charge in [0.2, 0.25) is 0 Å². The summed E-state index contributed by atoms with van der Waals surface area (Å²) in [6, 6.07) is 1.93. The normalized spacial score (nSPS) is 12.8. The number of alkyl carbamates (subject to hydrolysis) is 1. The predicted octanol–water partition coefficient (Wildman–Crippen LogP) is 3.62. The first-order chi connectivity index (χ1) is 15.1. The van der Waals surface area contributed by atoms with Crippen LogP contribution in [0.2, 0.25) is 0 Å². The molecule has 4 rings (SSSR count). The van der Waals surface area contributed by atoms with Crippen molar-refractivity contribution in [3.63, 3.8) is 0 Å². The van der Waals surface area contributed by atoms with Gasteiger partial charge < -0.3 is 10.1 Å².